The molecule has 0 amide bonds. The van der Waals surface area contributed by atoms with E-state index in [0.29, 0.717) is 25.9 Å². The number of aliphatic hydroxyl groups excluding tert-OH is 2. The number of carbonyl (C=O) groups is 2. The van der Waals surface area contributed by atoms with Crippen LogP contribution in [0.25, 0.3) is 0 Å². The van der Waals surface area contributed by atoms with Crippen molar-refractivity contribution in [2.75, 3.05) is 26.3 Å². The van der Waals surface area contributed by atoms with Gasteiger partial charge in [-0.25, -0.2) is 9.59 Å². The van der Waals surface area contributed by atoms with Crippen LogP contribution in [0, 0.1) is 0 Å². The highest BCUT2D eigenvalue weighted by molar-refractivity contribution is 5.92. The lowest BCUT2D eigenvalue weighted by atomic mass is 10.0. The second kappa shape index (κ2) is 29.0. The van der Waals surface area contributed by atoms with Crippen molar-refractivity contribution in [3.05, 3.63) is 12.2 Å². The van der Waals surface area contributed by atoms with Crippen molar-refractivity contribution in [2.45, 2.75) is 180 Å². The maximum atomic E-state index is 12.6. The van der Waals surface area contributed by atoms with Crippen molar-refractivity contribution in [1.29, 1.82) is 0 Å². The molecule has 0 aromatic carbocycles. The smallest absolute Gasteiger partial charge is 0.332 e. The Morgan fingerprint density at radius 1 is 0.523 bits per heavy atom. The Morgan fingerprint density at radius 2 is 0.795 bits per heavy atom. The van der Waals surface area contributed by atoms with E-state index in [1.165, 1.54) is 89.9 Å². The fraction of sp³-hybridized carbons (Fsp3) is 0.889. The second-order valence-electron chi connectivity index (χ2n) is 12.8. The summed E-state index contributed by atoms with van der Waals surface area (Å²) >= 11 is 0. The van der Waals surface area contributed by atoms with Crippen LogP contribution in [-0.4, -0.2) is 59.9 Å². The zero-order valence-corrected chi connectivity index (χ0v) is 29.1. The molecule has 4 N–H and O–H groups in total. The van der Waals surface area contributed by atoms with Crippen LogP contribution < -0.4 is 10.6 Å². The number of hydrogen-bond acceptors (Lipinski definition) is 8. The number of nitrogens with one attached hydrogen (secondary N) is 2. The number of aliphatic hydroxyl groups is 2. The molecule has 0 aliphatic heterocycles. The van der Waals surface area contributed by atoms with Crippen LogP contribution in [0.2, 0.25) is 0 Å². The Balaban J connectivity index is 4.61. The van der Waals surface area contributed by atoms with Gasteiger partial charge in [0.05, 0.1) is 13.2 Å². The van der Waals surface area contributed by atoms with E-state index in [1.54, 1.807) is 0 Å². The van der Waals surface area contributed by atoms with Gasteiger partial charge in [0.2, 0.25) is 0 Å². The lowest BCUT2D eigenvalue weighted by Gasteiger charge is -2.31. The first-order valence-corrected chi connectivity index (χ1v) is 18.1. The summed E-state index contributed by atoms with van der Waals surface area (Å²) in [6.07, 6.45) is 27.8. The van der Waals surface area contributed by atoms with Crippen LogP contribution in [0.15, 0.2) is 12.2 Å². The molecule has 0 saturated heterocycles. The predicted molar refractivity (Wildman–Crippen MR) is 181 cm³/mol. The Kier molecular flexibility index (Phi) is 28.0. The van der Waals surface area contributed by atoms with Gasteiger partial charge in [-0.05, 0) is 26.7 Å². The molecule has 0 aliphatic rings. The Bertz CT molecular complexity index is 661. The third kappa shape index (κ3) is 25.8. The van der Waals surface area contributed by atoms with Crippen LogP contribution >= 0.6 is 0 Å². The number of carbonyl (C=O) groups excluding carboxylic acids is 2. The van der Waals surface area contributed by atoms with Crippen molar-refractivity contribution in [2.24, 2.45) is 0 Å². The van der Waals surface area contributed by atoms with Crippen molar-refractivity contribution >= 4 is 11.9 Å². The van der Waals surface area contributed by atoms with Gasteiger partial charge < -0.3 is 19.7 Å². The molecule has 0 bridgehead atoms. The van der Waals surface area contributed by atoms with E-state index in [0.717, 1.165) is 50.7 Å². The molecular formula is C36H70N2O6. The first-order valence-electron chi connectivity index (χ1n) is 18.1. The minimum absolute atomic E-state index is 0.0637. The first-order chi connectivity index (χ1) is 21.2. The van der Waals surface area contributed by atoms with Gasteiger partial charge >= 0.3 is 11.9 Å². The second-order valence-corrected chi connectivity index (χ2v) is 12.8. The van der Waals surface area contributed by atoms with Crippen LogP contribution in [0.5, 0.6) is 0 Å². The highest BCUT2D eigenvalue weighted by atomic mass is 16.6. The number of unbranched alkanes of at least 4 members (excludes halogenated alkanes) is 18. The summed E-state index contributed by atoms with van der Waals surface area (Å²) < 4.78 is 11.4. The zero-order valence-electron chi connectivity index (χ0n) is 29.1. The van der Waals surface area contributed by atoms with Crippen LogP contribution in [0.1, 0.15) is 169 Å². The zero-order chi connectivity index (χ0) is 32.8. The molecule has 0 aliphatic carbocycles. The average molecular weight is 627 g/mol. The monoisotopic (exact) mass is 627 g/mol. The fourth-order valence-corrected chi connectivity index (χ4v) is 5.54. The quantitative estimate of drug-likeness (QED) is 0.0258. The first kappa shape index (κ1) is 42.5. The molecule has 0 radical (unpaired) electrons. The van der Waals surface area contributed by atoms with E-state index >= 15 is 0 Å². The van der Waals surface area contributed by atoms with Gasteiger partial charge in [0.1, 0.15) is 0 Å². The van der Waals surface area contributed by atoms with Gasteiger partial charge in [-0.15, -0.1) is 0 Å². The van der Waals surface area contributed by atoms with E-state index in [1.807, 2.05) is 13.8 Å². The van der Waals surface area contributed by atoms with E-state index in [4.69, 9.17) is 9.47 Å². The summed E-state index contributed by atoms with van der Waals surface area (Å²) in [6.45, 7) is 8.58. The summed E-state index contributed by atoms with van der Waals surface area (Å²) in [5, 5.41) is 24.9. The van der Waals surface area contributed by atoms with Gasteiger partial charge in [-0.1, -0.05) is 129 Å². The molecule has 2 unspecified atom stereocenters. The average Bonchev–Trinajstić information content (AvgIpc) is 3.00. The summed E-state index contributed by atoms with van der Waals surface area (Å²) in [7, 11) is 0. The van der Waals surface area contributed by atoms with Gasteiger partial charge in [0.25, 0.3) is 0 Å². The number of hydrogen-bond donors (Lipinski definition) is 4. The van der Waals surface area contributed by atoms with Crippen LogP contribution in [-0.2, 0) is 19.1 Å². The molecule has 44 heavy (non-hydrogen) atoms. The number of ether oxygens (including phenoxy) is 2. The fourth-order valence-electron chi connectivity index (χ4n) is 5.54. The molecule has 0 aromatic rings. The lowest BCUT2D eigenvalue weighted by Crippen LogP contribution is -2.47. The third-order valence-electron chi connectivity index (χ3n) is 8.24. The van der Waals surface area contributed by atoms with Gasteiger partial charge in [-0.2, -0.15) is 0 Å². The summed E-state index contributed by atoms with van der Waals surface area (Å²) in [5.74, 6) is -1.27. The van der Waals surface area contributed by atoms with E-state index in [9.17, 15) is 19.8 Å². The number of rotatable bonds is 32. The van der Waals surface area contributed by atoms with Gasteiger partial charge in [0.15, 0.2) is 11.4 Å². The van der Waals surface area contributed by atoms with Crippen LogP contribution in [0.3, 0.4) is 0 Å². The molecule has 8 heteroatoms. The normalized spacial score (nSPS) is 14.4. The Labute approximate surface area is 270 Å². The standard InChI is InChI=1S/C36H70N2O6/c1-5-7-9-11-13-15-17-19-21-23-27-35(3,37-29-31-39)43-33(41)25-26-34(42)44-36(4,38-30-32-40)28-24-22-20-18-16-14-12-10-8-6-2/h25-26,37-40H,5-24,27-32H2,1-4H3/b26-25-. The summed E-state index contributed by atoms with van der Waals surface area (Å²) in [5.41, 5.74) is -1.86. The SMILES string of the molecule is CCCCCCCCCCCCC(C)(NCCO)OC(=O)/C=C\C(=O)OC(C)(CCCCCCCCCCCC)NCCO. The molecule has 2 atom stereocenters. The molecule has 0 saturated carbocycles. The van der Waals surface area contributed by atoms with E-state index < -0.39 is 23.4 Å². The lowest BCUT2D eigenvalue weighted by molar-refractivity contribution is -0.159. The molecule has 0 rings (SSSR count). The highest BCUT2D eigenvalue weighted by Gasteiger charge is 2.28. The minimum Gasteiger partial charge on any atom is -0.441 e. The maximum absolute atomic E-state index is 12.6. The van der Waals surface area contributed by atoms with E-state index in [2.05, 4.69) is 24.5 Å². The Hall–Kier alpha value is -1.48. The molecule has 0 aromatic heterocycles. The number of esters is 2. The predicted octanol–water partition coefficient (Wildman–Crippen LogP) is 7.85. The van der Waals surface area contributed by atoms with Gasteiger partial charge in [-0.3, -0.25) is 10.6 Å². The maximum Gasteiger partial charge on any atom is 0.332 e. The molecular weight excluding hydrogens is 556 g/mol. The minimum atomic E-state index is -0.930. The van der Waals surface area contributed by atoms with Crippen molar-refractivity contribution < 1.29 is 29.3 Å². The van der Waals surface area contributed by atoms with Gasteiger partial charge in [0, 0.05) is 38.1 Å². The molecule has 0 fully saturated rings. The van der Waals surface area contributed by atoms with Crippen molar-refractivity contribution in [1.82, 2.24) is 10.6 Å². The van der Waals surface area contributed by atoms with Crippen LogP contribution in [0.4, 0.5) is 0 Å². The highest BCUT2D eigenvalue weighted by Crippen LogP contribution is 2.20. The summed E-state index contributed by atoms with van der Waals surface area (Å²) in [6, 6.07) is 0. The Morgan fingerprint density at radius 3 is 1.07 bits per heavy atom. The third-order valence-corrected chi connectivity index (χ3v) is 8.24. The van der Waals surface area contributed by atoms with Crippen molar-refractivity contribution in [3.8, 4) is 0 Å². The molecule has 0 heterocycles. The van der Waals surface area contributed by atoms with Crippen molar-refractivity contribution in [3.63, 3.8) is 0 Å². The summed E-state index contributed by atoms with van der Waals surface area (Å²) in [4.78, 5) is 25.3. The molecule has 260 valence electrons. The largest absolute Gasteiger partial charge is 0.441 e. The topological polar surface area (TPSA) is 117 Å². The molecule has 8 nitrogen and oxygen atoms in total. The van der Waals surface area contributed by atoms with E-state index in [-0.39, 0.29) is 13.2 Å². The molecule has 0 spiro atoms.